The highest BCUT2D eigenvalue weighted by atomic mass is 79.9. The van der Waals surface area contributed by atoms with Crippen LogP contribution in [0, 0.1) is 0 Å². The summed E-state index contributed by atoms with van der Waals surface area (Å²) in [6, 6.07) is 25.7. The number of aryl methyl sites for hydroxylation is 1. The lowest BCUT2D eigenvalue weighted by Gasteiger charge is -2.01. The molecular weight excluding hydrogens is 476 g/mol. The van der Waals surface area contributed by atoms with E-state index in [0.29, 0.717) is 16.1 Å². The van der Waals surface area contributed by atoms with E-state index < -0.39 is 0 Å². The van der Waals surface area contributed by atoms with Crippen molar-refractivity contribution >= 4 is 34.6 Å². The molecule has 2 aromatic heterocycles. The first kappa shape index (κ1) is 22.3. The predicted molar refractivity (Wildman–Crippen MR) is 121 cm³/mol. The van der Waals surface area contributed by atoms with Crippen LogP contribution in [0.1, 0.15) is 20.8 Å². The molecule has 0 bridgehead atoms. The molecule has 3 nitrogen and oxygen atoms in total. The molecule has 0 amide bonds. The highest BCUT2D eigenvalue weighted by Crippen LogP contribution is 2.39. The molecule has 0 saturated heterocycles. The number of thioether (sulfide) groups is 1. The molecule has 2 heterocycles. The van der Waals surface area contributed by atoms with Crippen LogP contribution in [0.2, 0.25) is 0 Å². The van der Waals surface area contributed by atoms with Gasteiger partial charge in [0.25, 0.3) is 5.69 Å². The SMILES string of the molecule is Nc1c(C(=O)c2ccccc2)sc(SCCc2ccccc2)c1-[n+]1ccccc1.[Br-]. The highest BCUT2D eigenvalue weighted by molar-refractivity contribution is 8.01. The van der Waals surface area contributed by atoms with Crippen LogP contribution in [0.3, 0.4) is 0 Å². The van der Waals surface area contributed by atoms with E-state index in [-0.39, 0.29) is 22.8 Å². The van der Waals surface area contributed by atoms with Gasteiger partial charge in [0.2, 0.25) is 5.78 Å². The number of thiophene rings is 1. The molecule has 2 aromatic carbocycles. The molecule has 4 aromatic rings. The maximum absolute atomic E-state index is 13.1. The number of ketones is 1. The topological polar surface area (TPSA) is 47.0 Å². The average Bonchev–Trinajstić information content (AvgIpc) is 3.11. The zero-order chi connectivity index (χ0) is 20.1. The minimum atomic E-state index is -0.0270. The minimum absolute atomic E-state index is 0. The Balaban J connectivity index is 0.00000256. The van der Waals surface area contributed by atoms with E-state index in [1.807, 2.05) is 71.6 Å². The van der Waals surface area contributed by atoms with E-state index in [2.05, 4.69) is 24.3 Å². The first-order chi connectivity index (χ1) is 14.2. The number of nitrogens with zero attached hydrogens (tertiary/aromatic N) is 1. The lowest BCUT2D eigenvalue weighted by molar-refractivity contribution is -0.596. The van der Waals surface area contributed by atoms with Crippen LogP contribution in [0.25, 0.3) is 5.69 Å². The summed E-state index contributed by atoms with van der Waals surface area (Å²) in [5, 5.41) is 0. The quantitative estimate of drug-likeness (QED) is 0.242. The lowest BCUT2D eigenvalue weighted by atomic mass is 10.1. The summed E-state index contributed by atoms with van der Waals surface area (Å²) in [6.07, 6.45) is 4.90. The second kappa shape index (κ2) is 10.6. The molecule has 0 spiro atoms. The van der Waals surface area contributed by atoms with Crippen molar-refractivity contribution in [3.8, 4) is 5.69 Å². The number of nitrogen functional groups attached to an aromatic ring is 1. The van der Waals surface area contributed by atoms with E-state index in [0.717, 1.165) is 22.1 Å². The number of anilines is 1. The minimum Gasteiger partial charge on any atom is -1.00 e. The first-order valence-corrected chi connectivity index (χ1v) is 11.2. The predicted octanol–water partition coefficient (Wildman–Crippen LogP) is 2.18. The summed E-state index contributed by atoms with van der Waals surface area (Å²) in [5.41, 5.74) is 9.92. The van der Waals surface area contributed by atoms with Crippen molar-refractivity contribution in [1.82, 2.24) is 0 Å². The second-order valence-corrected chi connectivity index (χ2v) is 8.93. The lowest BCUT2D eigenvalue weighted by Crippen LogP contribution is -3.00. The number of benzene rings is 2. The Hall–Kier alpha value is -2.41. The van der Waals surface area contributed by atoms with Crippen LogP contribution in [0.5, 0.6) is 0 Å². The van der Waals surface area contributed by atoms with Gasteiger partial charge < -0.3 is 22.7 Å². The molecule has 0 aliphatic heterocycles. The molecule has 0 fully saturated rings. The van der Waals surface area contributed by atoms with Gasteiger partial charge in [-0.1, -0.05) is 66.7 Å². The highest BCUT2D eigenvalue weighted by Gasteiger charge is 2.28. The number of aromatic nitrogens is 1. The van der Waals surface area contributed by atoms with Crippen LogP contribution >= 0.6 is 23.1 Å². The first-order valence-electron chi connectivity index (χ1n) is 9.39. The summed E-state index contributed by atoms with van der Waals surface area (Å²) in [4.78, 5) is 13.7. The van der Waals surface area contributed by atoms with Crippen molar-refractivity contribution in [3.05, 3.63) is 107 Å². The maximum Gasteiger partial charge on any atom is 0.259 e. The molecule has 4 rings (SSSR count). The van der Waals surface area contributed by atoms with E-state index in [1.165, 1.54) is 16.9 Å². The van der Waals surface area contributed by atoms with Gasteiger partial charge in [0, 0.05) is 23.4 Å². The molecule has 2 N–H and O–H groups in total. The van der Waals surface area contributed by atoms with Crippen molar-refractivity contribution < 1.29 is 26.3 Å². The number of nitrogens with two attached hydrogens (primary N) is 1. The molecule has 0 aliphatic carbocycles. The van der Waals surface area contributed by atoms with Gasteiger partial charge in [-0.05, 0) is 12.0 Å². The van der Waals surface area contributed by atoms with E-state index in [4.69, 9.17) is 5.73 Å². The summed E-state index contributed by atoms with van der Waals surface area (Å²) < 4.78 is 3.06. The molecule has 30 heavy (non-hydrogen) atoms. The Kier molecular flexibility index (Phi) is 7.85. The van der Waals surface area contributed by atoms with E-state index in [9.17, 15) is 4.79 Å². The van der Waals surface area contributed by atoms with Crippen LogP contribution in [-0.2, 0) is 6.42 Å². The average molecular weight is 497 g/mol. The number of carbonyl (C=O) groups is 1. The van der Waals surface area contributed by atoms with Crippen LogP contribution in [0.4, 0.5) is 5.69 Å². The smallest absolute Gasteiger partial charge is 0.259 e. The van der Waals surface area contributed by atoms with Gasteiger partial charge in [-0.15, -0.1) is 23.1 Å². The fraction of sp³-hybridized carbons (Fsp3) is 0.0833. The fourth-order valence-corrected chi connectivity index (χ4v) is 5.62. The fourth-order valence-electron chi connectivity index (χ4n) is 3.10. The molecule has 6 heteroatoms. The summed E-state index contributed by atoms with van der Waals surface area (Å²) >= 11 is 3.24. The number of halogens is 1. The Bertz CT molecular complexity index is 1100. The number of hydrogen-bond acceptors (Lipinski definition) is 4. The van der Waals surface area contributed by atoms with Crippen molar-refractivity contribution in [1.29, 1.82) is 0 Å². The van der Waals surface area contributed by atoms with Gasteiger partial charge in [0.15, 0.2) is 12.4 Å². The summed E-state index contributed by atoms with van der Waals surface area (Å²) in [5.74, 6) is 0.893. The second-order valence-electron chi connectivity index (χ2n) is 6.54. The Morgan fingerprint density at radius 3 is 2.17 bits per heavy atom. The van der Waals surface area contributed by atoms with Gasteiger partial charge >= 0.3 is 0 Å². The maximum atomic E-state index is 13.1. The zero-order valence-corrected chi connectivity index (χ0v) is 19.4. The van der Waals surface area contributed by atoms with Gasteiger partial charge in [-0.3, -0.25) is 4.79 Å². The zero-order valence-electron chi connectivity index (χ0n) is 16.2. The third-order valence-corrected chi connectivity index (χ3v) is 7.03. The van der Waals surface area contributed by atoms with Gasteiger partial charge in [0.05, 0.1) is 0 Å². The summed E-state index contributed by atoms with van der Waals surface area (Å²) in [6.45, 7) is 0. The number of rotatable bonds is 7. The van der Waals surface area contributed by atoms with Gasteiger partial charge in [0.1, 0.15) is 14.8 Å². The Morgan fingerprint density at radius 2 is 1.50 bits per heavy atom. The molecule has 0 atom stereocenters. The van der Waals surface area contributed by atoms with E-state index in [1.54, 1.807) is 11.8 Å². The van der Waals surface area contributed by atoms with Crippen molar-refractivity contribution in [2.45, 2.75) is 10.6 Å². The third-order valence-electron chi connectivity index (χ3n) is 4.57. The Morgan fingerprint density at radius 1 is 0.900 bits per heavy atom. The number of pyridine rings is 1. The molecule has 0 saturated carbocycles. The summed E-state index contributed by atoms with van der Waals surface area (Å²) in [7, 11) is 0. The Labute approximate surface area is 195 Å². The molecule has 0 aliphatic rings. The van der Waals surface area contributed by atoms with Crippen LogP contribution < -0.4 is 27.3 Å². The molecular formula is C24H21BrN2OS2. The third kappa shape index (κ3) is 5.01. The molecule has 152 valence electrons. The standard InChI is InChI=1S/C24H20N2OS2.BrH/c25-20-21(26-15-8-3-9-16-26)24(28-17-14-18-10-4-1-5-11-18)29-23(20)22(27)19-12-6-2-7-13-19;/h1-13,15-16H,14,17H2,(H-,25,27);1H. The van der Waals surface area contributed by atoms with Crippen molar-refractivity contribution in [3.63, 3.8) is 0 Å². The number of hydrogen-bond donors (Lipinski definition) is 1. The van der Waals surface area contributed by atoms with Crippen LogP contribution in [-0.4, -0.2) is 11.5 Å². The van der Waals surface area contributed by atoms with Crippen molar-refractivity contribution in [2.24, 2.45) is 0 Å². The van der Waals surface area contributed by atoms with Gasteiger partial charge in [-0.2, -0.15) is 4.57 Å². The monoisotopic (exact) mass is 496 g/mol. The number of carbonyl (C=O) groups excluding carboxylic acids is 1. The largest absolute Gasteiger partial charge is 1.00 e. The normalized spacial score (nSPS) is 10.4. The van der Waals surface area contributed by atoms with Gasteiger partial charge in [-0.25, -0.2) is 0 Å². The molecule has 0 unspecified atom stereocenters. The van der Waals surface area contributed by atoms with E-state index >= 15 is 0 Å². The van der Waals surface area contributed by atoms with Crippen LogP contribution in [0.15, 0.2) is 95.5 Å². The molecule has 0 radical (unpaired) electrons. The van der Waals surface area contributed by atoms with Crippen molar-refractivity contribution in [2.75, 3.05) is 11.5 Å².